The van der Waals surface area contributed by atoms with Gasteiger partial charge in [-0.15, -0.1) is 0 Å². The lowest BCUT2D eigenvalue weighted by molar-refractivity contribution is 0.0955. The van der Waals surface area contributed by atoms with Gasteiger partial charge < -0.3 is 10.1 Å². The van der Waals surface area contributed by atoms with Gasteiger partial charge in [-0.2, -0.15) is 5.10 Å². The fourth-order valence-electron chi connectivity index (χ4n) is 3.47. The van der Waals surface area contributed by atoms with Crippen LogP contribution in [0.15, 0.2) is 48.5 Å². The Bertz CT molecular complexity index is 980. The third kappa shape index (κ3) is 2.99. The van der Waals surface area contributed by atoms with Gasteiger partial charge in [0.05, 0.1) is 18.8 Å². The highest BCUT2D eigenvalue weighted by atomic mass is 16.5. The molecule has 5 nitrogen and oxygen atoms in total. The summed E-state index contributed by atoms with van der Waals surface area (Å²) < 4.78 is 5.23. The topological polar surface area (TPSA) is 67.0 Å². The monoisotopic (exact) mass is 361 g/mol. The molecule has 1 atom stereocenters. The van der Waals surface area contributed by atoms with Gasteiger partial charge in [-0.25, -0.2) is 0 Å². The molecular formula is C22H23N3O2. The maximum absolute atomic E-state index is 12.4. The zero-order valence-corrected chi connectivity index (χ0v) is 16.0. The molecule has 0 aliphatic carbocycles. The molecule has 0 fully saturated rings. The van der Waals surface area contributed by atoms with E-state index in [9.17, 15) is 4.79 Å². The summed E-state index contributed by atoms with van der Waals surface area (Å²) in [4.78, 5) is 12.4. The summed E-state index contributed by atoms with van der Waals surface area (Å²) in [5.41, 5.74) is 5.56. The van der Waals surface area contributed by atoms with Crippen LogP contribution in [0.2, 0.25) is 0 Å². The third-order valence-electron chi connectivity index (χ3n) is 5.07. The van der Waals surface area contributed by atoms with Gasteiger partial charge in [0, 0.05) is 11.1 Å². The number of fused-ring (bicyclic) bond motifs is 1. The quantitative estimate of drug-likeness (QED) is 0.734. The van der Waals surface area contributed by atoms with Gasteiger partial charge in [0.1, 0.15) is 11.4 Å². The van der Waals surface area contributed by atoms with Crippen molar-refractivity contribution in [1.82, 2.24) is 15.5 Å². The molecule has 27 heavy (non-hydrogen) atoms. The van der Waals surface area contributed by atoms with Crippen molar-refractivity contribution in [3.63, 3.8) is 0 Å². The summed E-state index contributed by atoms with van der Waals surface area (Å²) in [6, 6.07) is 15.9. The van der Waals surface area contributed by atoms with E-state index < -0.39 is 0 Å². The van der Waals surface area contributed by atoms with Crippen LogP contribution in [0.5, 0.6) is 5.75 Å². The Morgan fingerprint density at radius 1 is 1.00 bits per heavy atom. The highest BCUT2D eigenvalue weighted by molar-refractivity contribution is 6.00. The Kier molecular flexibility index (Phi) is 4.02. The van der Waals surface area contributed by atoms with Gasteiger partial charge in [-0.1, -0.05) is 45.0 Å². The summed E-state index contributed by atoms with van der Waals surface area (Å²) in [7, 11) is 1.64. The number of nitrogens with zero attached hydrogens (tertiary/aromatic N) is 1. The van der Waals surface area contributed by atoms with Crippen LogP contribution in [0, 0.1) is 0 Å². The Hall–Kier alpha value is -3.08. The van der Waals surface area contributed by atoms with Gasteiger partial charge in [0.25, 0.3) is 5.91 Å². The fraction of sp³-hybridized carbons (Fsp3) is 0.273. The number of aromatic amines is 1. The highest BCUT2D eigenvalue weighted by Gasteiger charge is 2.35. The Labute approximate surface area is 158 Å². The predicted octanol–water partition coefficient (Wildman–Crippen LogP) is 4.22. The Morgan fingerprint density at radius 3 is 2.26 bits per heavy atom. The average molecular weight is 361 g/mol. The van der Waals surface area contributed by atoms with E-state index in [1.807, 2.05) is 24.3 Å². The molecule has 2 aromatic carbocycles. The number of hydrogen-bond donors (Lipinski definition) is 2. The molecule has 1 amide bonds. The van der Waals surface area contributed by atoms with Gasteiger partial charge in [0.2, 0.25) is 0 Å². The lowest BCUT2D eigenvalue weighted by Gasteiger charge is -2.20. The van der Waals surface area contributed by atoms with Crippen molar-refractivity contribution >= 4 is 5.91 Å². The molecule has 0 bridgehead atoms. The molecule has 0 saturated heterocycles. The number of nitrogens with one attached hydrogen (secondary N) is 2. The number of methoxy groups -OCH3 is 1. The lowest BCUT2D eigenvalue weighted by atomic mass is 9.86. The molecule has 138 valence electrons. The fourth-order valence-corrected chi connectivity index (χ4v) is 3.47. The number of hydrogen-bond acceptors (Lipinski definition) is 3. The molecule has 1 aliphatic rings. The van der Waals surface area contributed by atoms with Gasteiger partial charge in [-0.05, 0) is 40.8 Å². The molecule has 3 aromatic rings. The van der Waals surface area contributed by atoms with E-state index in [2.05, 4.69) is 60.6 Å². The van der Waals surface area contributed by atoms with E-state index in [1.54, 1.807) is 7.11 Å². The van der Waals surface area contributed by atoms with Crippen LogP contribution in [0.1, 0.15) is 54.0 Å². The van der Waals surface area contributed by atoms with E-state index in [0.29, 0.717) is 5.69 Å². The first kappa shape index (κ1) is 17.3. The number of H-pyrrole nitrogens is 1. The molecular weight excluding hydrogens is 338 g/mol. The minimum atomic E-state index is -0.211. The first-order valence-corrected chi connectivity index (χ1v) is 9.02. The summed E-state index contributed by atoms with van der Waals surface area (Å²) in [5, 5.41) is 10.4. The standard InChI is InChI=1S/C22H23N3O2/c1-22(2,3)15-9-5-13(6-10-15)18-17-19(24-25-20(17)21(26)23-18)14-7-11-16(27-4)12-8-14/h5-12,18H,1-4H3,(H,23,26)(H,24,25)/t18-/m1/s1. The minimum absolute atomic E-state index is 0.0898. The minimum Gasteiger partial charge on any atom is -0.497 e. The Morgan fingerprint density at radius 2 is 1.67 bits per heavy atom. The second kappa shape index (κ2) is 6.27. The highest BCUT2D eigenvalue weighted by Crippen LogP contribution is 2.37. The van der Waals surface area contributed by atoms with E-state index in [-0.39, 0.29) is 17.4 Å². The van der Waals surface area contributed by atoms with E-state index in [1.165, 1.54) is 5.56 Å². The van der Waals surface area contributed by atoms with Crippen LogP contribution in [0.3, 0.4) is 0 Å². The zero-order valence-electron chi connectivity index (χ0n) is 16.0. The normalized spacial score (nSPS) is 16.1. The summed E-state index contributed by atoms with van der Waals surface area (Å²) >= 11 is 0. The molecule has 4 rings (SSSR count). The molecule has 0 radical (unpaired) electrons. The van der Waals surface area contributed by atoms with Crippen LogP contribution < -0.4 is 10.1 Å². The largest absolute Gasteiger partial charge is 0.497 e. The molecule has 0 unspecified atom stereocenters. The van der Waals surface area contributed by atoms with Crippen LogP contribution >= 0.6 is 0 Å². The molecule has 0 saturated carbocycles. The van der Waals surface area contributed by atoms with Crippen LogP contribution in [-0.4, -0.2) is 23.2 Å². The van der Waals surface area contributed by atoms with Gasteiger partial charge in [-0.3, -0.25) is 9.89 Å². The maximum Gasteiger partial charge on any atom is 0.270 e. The van der Waals surface area contributed by atoms with E-state index in [4.69, 9.17) is 4.74 Å². The van der Waals surface area contributed by atoms with Crippen LogP contribution in [-0.2, 0) is 5.41 Å². The van der Waals surface area contributed by atoms with Crippen LogP contribution in [0.25, 0.3) is 11.3 Å². The number of carbonyl (C=O) groups is 1. The number of rotatable bonds is 3. The smallest absolute Gasteiger partial charge is 0.270 e. The van der Waals surface area contributed by atoms with Crippen molar-refractivity contribution in [3.8, 4) is 17.0 Å². The van der Waals surface area contributed by atoms with Gasteiger partial charge in [0.15, 0.2) is 0 Å². The van der Waals surface area contributed by atoms with Crippen molar-refractivity contribution in [3.05, 3.63) is 70.9 Å². The second-order valence-corrected chi connectivity index (χ2v) is 7.87. The third-order valence-corrected chi connectivity index (χ3v) is 5.07. The summed E-state index contributed by atoms with van der Waals surface area (Å²) in [6.45, 7) is 6.57. The Balaban J connectivity index is 1.75. The number of carbonyl (C=O) groups excluding carboxylic acids is 1. The first-order chi connectivity index (χ1) is 12.9. The van der Waals surface area contributed by atoms with E-state index >= 15 is 0 Å². The second-order valence-electron chi connectivity index (χ2n) is 7.87. The predicted molar refractivity (Wildman–Crippen MR) is 105 cm³/mol. The number of benzene rings is 2. The molecule has 5 heteroatoms. The summed E-state index contributed by atoms with van der Waals surface area (Å²) in [6.07, 6.45) is 0. The molecule has 0 spiro atoms. The molecule has 1 aliphatic heterocycles. The first-order valence-electron chi connectivity index (χ1n) is 9.02. The van der Waals surface area contributed by atoms with Gasteiger partial charge >= 0.3 is 0 Å². The summed E-state index contributed by atoms with van der Waals surface area (Å²) in [5.74, 6) is 0.664. The SMILES string of the molecule is COc1ccc(-c2n[nH]c3c2[C@@H](c2ccc(C(C)(C)C)cc2)NC3=O)cc1. The zero-order chi connectivity index (χ0) is 19.2. The number of ether oxygens (including phenoxy) is 1. The lowest BCUT2D eigenvalue weighted by Crippen LogP contribution is -2.21. The van der Waals surface area contributed by atoms with Crippen molar-refractivity contribution in [2.75, 3.05) is 7.11 Å². The molecule has 1 aromatic heterocycles. The molecule has 2 N–H and O–H groups in total. The maximum atomic E-state index is 12.4. The average Bonchev–Trinajstić information content (AvgIpc) is 3.23. The van der Waals surface area contributed by atoms with E-state index in [0.717, 1.165) is 28.1 Å². The van der Waals surface area contributed by atoms with Crippen molar-refractivity contribution in [2.45, 2.75) is 32.2 Å². The van der Waals surface area contributed by atoms with Crippen molar-refractivity contribution < 1.29 is 9.53 Å². The number of aromatic nitrogens is 2. The van der Waals surface area contributed by atoms with Crippen LogP contribution in [0.4, 0.5) is 0 Å². The number of amides is 1. The van der Waals surface area contributed by atoms with Crippen molar-refractivity contribution in [1.29, 1.82) is 0 Å². The molecule has 2 heterocycles. The van der Waals surface area contributed by atoms with Crippen molar-refractivity contribution in [2.24, 2.45) is 0 Å².